The number of hydrogen-bond donors (Lipinski definition) is 15. The van der Waals surface area contributed by atoms with E-state index in [0.29, 0.717) is 0 Å². The molecule has 0 aromatic heterocycles. The Hall–Kier alpha value is -0.840. The highest BCUT2D eigenvalue weighted by molar-refractivity contribution is 5.07. The Kier molecular flexibility index (Phi) is 12.3. The van der Waals surface area contributed by atoms with Crippen molar-refractivity contribution in [2.24, 2.45) is 0 Å². The van der Waals surface area contributed by atoms with Gasteiger partial charge in [0.05, 0.1) is 19.8 Å². The molecule has 4 rings (SSSR count). The predicted octanol–water partition coefficient (Wildman–Crippen LogP) is -9.97. The van der Waals surface area contributed by atoms with Gasteiger partial charge in [0.1, 0.15) is 109 Å². The number of rotatable bonds is 9. The van der Waals surface area contributed by atoms with E-state index in [4.69, 9.17) is 28.4 Å². The van der Waals surface area contributed by atoms with E-state index < -0.39 is 148 Å². The van der Waals surface area contributed by atoms with Crippen molar-refractivity contribution in [2.75, 3.05) is 19.8 Å². The first-order valence-electron chi connectivity index (χ1n) is 14.5. The summed E-state index contributed by atoms with van der Waals surface area (Å²) in [6, 6.07) is 0. The van der Waals surface area contributed by atoms with Crippen molar-refractivity contribution in [1.82, 2.24) is 0 Å². The number of hydrogen-bond acceptors (Lipinski definition) is 21. The fourth-order valence-corrected chi connectivity index (χ4v) is 5.69. The van der Waals surface area contributed by atoms with Crippen LogP contribution in [0.5, 0.6) is 0 Å². The van der Waals surface area contributed by atoms with Crippen molar-refractivity contribution in [3.8, 4) is 0 Å². The molecule has 21 heteroatoms. The minimum absolute atomic E-state index is 0.659. The van der Waals surface area contributed by atoms with Crippen LogP contribution in [0.3, 0.4) is 0 Å². The topological polar surface area (TPSA) is 359 Å². The van der Waals surface area contributed by atoms with Crippen LogP contribution in [0.2, 0.25) is 0 Å². The second kappa shape index (κ2) is 15.0. The van der Waals surface area contributed by atoms with Gasteiger partial charge in [-0.2, -0.15) is 0 Å². The summed E-state index contributed by atoms with van der Waals surface area (Å²) in [6.45, 7) is -1.21. The highest BCUT2D eigenvalue weighted by atomic mass is 16.7. The fourth-order valence-electron chi connectivity index (χ4n) is 5.69. The van der Waals surface area contributed by atoms with Crippen LogP contribution in [0, 0.1) is 0 Å². The van der Waals surface area contributed by atoms with Crippen LogP contribution in [0.15, 0.2) is 0 Å². The molecule has 15 N–H and O–H groups in total. The van der Waals surface area contributed by atoms with Crippen LogP contribution in [-0.2, 0) is 28.4 Å². The molecule has 0 bridgehead atoms. The maximum atomic E-state index is 10.5. The molecule has 270 valence electrons. The van der Waals surface area contributed by atoms with Gasteiger partial charge in [-0.25, -0.2) is 0 Å². The second-order valence-corrected chi connectivity index (χ2v) is 12.1. The Morgan fingerprint density at radius 3 is 1.24 bits per heavy atom. The van der Waals surface area contributed by atoms with Crippen LogP contribution < -0.4 is 0 Å². The van der Waals surface area contributed by atoms with Gasteiger partial charge in [-0.3, -0.25) is 0 Å². The molecule has 1 aliphatic carbocycles. The smallest absolute Gasteiger partial charge is 0.187 e. The second-order valence-electron chi connectivity index (χ2n) is 12.1. The quantitative estimate of drug-likeness (QED) is 0.107. The van der Waals surface area contributed by atoms with Crippen LogP contribution in [0.1, 0.15) is 6.92 Å². The monoisotopic (exact) mass is 680 g/mol. The summed E-state index contributed by atoms with van der Waals surface area (Å²) < 4.78 is 32.2. The van der Waals surface area contributed by atoms with Crippen LogP contribution in [0.4, 0.5) is 0 Å². The normalized spacial score (nSPS) is 55.3. The molecule has 0 spiro atoms. The third kappa shape index (κ3) is 7.21. The van der Waals surface area contributed by atoms with Gasteiger partial charge < -0.3 is 105 Å². The first-order valence-corrected chi connectivity index (χ1v) is 14.5. The summed E-state index contributed by atoms with van der Waals surface area (Å²) in [4.78, 5) is 0. The Labute approximate surface area is 260 Å². The highest BCUT2D eigenvalue weighted by Crippen LogP contribution is 2.34. The van der Waals surface area contributed by atoms with Crippen LogP contribution in [0.25, 0.3) is 0 Å². The lowest BCUT2D eigenvalue weighted by Crippen LogP contribution is -2.71. The zero-order valence-electron chi connectivity index (χ0n) is 24.3. The van der Waals surface area contributed by atoms with Crippen molar-refractivity contribution in [3.63, 3.8) is 0 Å². The molecule has 0 radical (unpaired) electrons. The van der Waals surface area contributed by atoms with E-state index in [1.807, 2.05) is 0 Å². The first kappa shape index (κ1) is 38.0. The summed E-state index contributed by atoms with van der Waals surface area (Å²) in [6.07, 6.45) is -36.4. The lowest BCUT2D eigenvalue weighted by molar-refractivity contribution is -0.358. The number of aliphatic hydroxyl groups excluding tert-OH is 14. The summed E-state index contributed by atoms with van der Waals surface area (Å²) >= 11 is 0. The van der Waals surface area contributed by atoms with Gasteiger partial charge in [0, 0.05) is 0 Å². The van der Waals surface area contributed by atoms with E-state index in [-0.39, 0.29) is 0 Å². The molecule has 46 heavy (non-hydrogen) atoms. The molecule has 0 amide bonds. The minimum Gasteiger partial charge on any atom is -0.394 e. The van der Waals surface area contributed by atoms with Gasteiger partial charge in [0.15, 0.2) is 18.9 Å². The highest BCUT2D eigenvalue weighted by Gasteiger charge is 2.58. The summed E-state index contributed by atoms with van der Waals surface area (Å²) in [5, 5.41) is 153. The molecule has 1 saturated carbocycles. The van der Waals surface area contributed by atoms with Gasteiger partial charge in [0.2, 0.25) is 0 Å². The van der Waals surface area contributed by atoms with Crippen LogP contribution >= 0.6 is 0 Å². The van der Waals surface area contributed by atoms with E-state index >= 15 is 0 Å². The molecule has 4 aliphatic rings. The lowest BCUT2D eigenvalue weighted by Gasteiger charge is -2.49. The minimum atomic E-state index is -2.35. The van der Waals surface area contributed by atoms with Crippen molar-refractivity contribution >= 4 is 0 Å². The third-order valence-corrected chi connectivity index (χ3v) is 8.84. The van der Waals surface area contributed by atoms with E-state index in [1.165, 1.54) is 0 Å². The van der Waals surface area contributed by atoms with Crippen molar-refractivity contribution < 1.29 is 105 Å². The Balaban J connectivity index is 1.38. The van der Waals surface area contributed by atoms with Crippen LogP contribution in [-0.4, -0.2) is 225 Å². The fraction of sp³-hybridized carbons (Fsp3) is 1.00. The van der Waals surface area contributed by atoms with Gasteiger partial charge in [-0.15, -0.1) is 0 Å². The molecule has 0 aromatic rings. The van der Waals surface area contributed by atoms with E-state index in [2.05, 4.69) is 0 Å². The maximum Gasteiger partial charge on any atom is 0.187 e. The summed E-state index contributed by atoms with van der Waals surface area (Å²) in [7, 11) is 0. The number of ether oxygens (including phenoxy) is 6. The molecule has 3 heterocycles. The van der Waals surface area contributed by atoms with Crippen molar-refractivity contribution in [2.45, 2.75) is 135 Å². The summed E-state index contributed by atoms with van der Waals surface area (Å²) in [5.41, 5.74) is -2.35. The summed E-state index contributed by atoms with van der Waals surface area (Å²) in [5.74, 6) is 0. The first-order chi connectivity index (χ1) is 21.4. The largest absolute Gasteiger partial charge is 0.394 e. The Morgan fingerprint density at radius 2 is 0.826 bits per heavy atom. The SMILES string of the molecule is CC1(O)C(O)C(O)C(O[C@@H]2OC(CO[C@@H]3OC(CO[C@@H]4OC(CO)[C@H](O)[C@H](O)C4O)[C@H](O)[C@H](O)C3O)[C@H](O)[C@H](O)C2O)[C@H](O)C1O. The van der Waals surface area contributed by atoms with E-state index in [1.54, 1.807) is 0 Å². The zero-order chi connectivity index (χ0) is 34.4. The lowest BCUT2D eigenvalue weighted by atomic mass is 9.76. The third-order valence-electron chi connectivity index (χ3n) is 8.84. The van der Waals surface area contributed by atoms with E-state index in [0.717, 1.165) is 6.92 Å². The molecule has 4 fully saturated rings. The van der Waals surface area contributed by atoms with Gasteiger partial charge in [0.25, 0.3) is 0 Å². The average Bonchev–Trinajstić information content (AvgIpc) is 3.03. The standard InChI is InChI=1S/C25H44O21/c1-25(40)20(38)17(36)19(18(37)21(25)39)46-24-16(35)13(32)10(29)7(45-24)4-42-23-15(34)12(31)9(28)6(44-23)3-41-22-14(33)11(30)8(27)5(2-26)43-22/h5-24,26-40H,2-4H2,1H3/t5?,6?,7?,8-,9-,10-,11-,12-,13-,14?,15?,16?,17-,18?,19?,20?,21?,22+,23+,24-,25?/m0/s1. The number of aliphatic hydroxyl groups is 15. The Bertz CT molecular complexity index is 956. The van der Waals surface area contributed by atoms with E-state index in [9.17, 15) is 76.6 Å². The molecular weight excluding hydrogens is 636 g/mol. The Morgan fingerprint density at radius 1 is 0.478 bits per heavy atom. The molecular formula is C25H44O21. The molecule has 21 nitrogen and oxygen atoms in total. The average molecular weight is 681 g/mol. The van der Waals surface area contributed by atoms with Crippen molar-refractivity contribution in [3.05, 3.63) is 0 Å². The zero-order valence-corrected chi connectivity index (χ0v) is 24.3. The maximum absolute atomic E-state index is 10.5. The van der Waals surface area contributed by atoms with Gasteiger partial charge >= 0.3 is 0 Å². The molecule has 21 atom stereocenters. The van der Waals surface area contributed by atoms with Gasteiger partial charge in [-0.1, -0.05) is 0 Å². The molecule has 3 saturated heterocycles. The molecule has 0 aromatic carbocycles. The van der Waals surface area contributed by atoms with Crippen molar-refractivity contribution in [1.29, 1.82) is 0 Å². The van der Waals surface area contributed by atoms with Gasteiger partial charge in [-0.05, 0) is 6.92 Å². The predicted molar refractivity (Wildman–Crippen MR) is 139 cm³/mol. The molecule has 11 unspecified atom stereocenters. The molecule has 3 aliphatic heterocycles.